The molecule has 20 heavy (non-hydrogen) atoms. The van der Waals surface area contributed by atoms with Crippen molar-refractivity contribution in [2.24, 2.45) is 5.73 Å². The molecule has 0 amide bonds. The average molecular weight is 280 g/mol. The van der Waals surface area contributed by atoms with Crippen LogP contribution in [0.25, 0.3) is 0 Å². The second kappa shape index (κ2) is 6.29. The number of hydrogen-bond acceptors (Lipinski definition) is 4. The molecule has 0 radical (unpaired) electrons. The Balaban J connectivity index is 2.23. The van der Waals surface area contributed by atoms with E-state index in [0.717, 1.165) is 0 Å². The molecule has 1 aromatic carbocycles. The molecule has 1 aromatic heterocycles. The predicted molar refractivity (Wildman–Crippen MR) is 69.8 cm³/mol. The van der Waals surface area contributed by atoms with Crippen LogP contribution >= 0.6 is 0 Å². The van der Waals surface area contributed by atoms with Gasteiger partial charge in [-0.2, -0.15) is 0 Å². The van der Waals surface area contributed by atoms with Crippen molar-refractivity contribution in [3.05, 3.63) is 53.6 Å². The zero-order chi connectivity index (χ0) is 14.5. The Morgan fingerprint density at radius 1 is 1.30 bits per heavy atom. The predicted octanol–water partition coefficient (Wildman–Crippen LogP) is 2.58. The van der Waals surface area contributed by atoms with E-state index in [1.165, 1.54) is 25.4 Å². The smallest absolute Gasteiger partial charge is 0.228 e. The first-order valence-electron chi connectivity index (χ1n) is 5.89. The molecule has 0 aliphatic carbocycles. The Labute approximate surface area is 115 Å². The number of ether oxygens (including phenoxy) is 2. The largest absolute Gasteiger partial charge is 0.495 e. The minimum Gasteiger partial charge on any atom is -0.495 e. The van der Waals surface area contributed by atoms with Gasteiger partial charge in [-0.15, -0.1) is 0 Å². The van der Waals surface area contributed by atoms with Crippen LogP contribution in [0, 0.1) is 5.82 Å². The molecule has 6 heteroatoms. The average Bonchev–Trinajstić information content (AvgIpc) is 2.49. The molecule has 1 atom stereocenters. The summed E-state index contributed by atoms with van der Waals surface area (Å²) in [4.78, 5) is 4.15. The van der Waals surface area contributed by atoms with Crippen LogP contribution in [0.5, 0.6) is 11.5 Å². The van der Waals surface area contributed by atoms with Gasteiger partial charge >= 0.3 is 0 Å². The van der Waals surface area contributed by atoms with Gasteiger partial charge in [0.15, 0.2) is 11.6 Å². The van der Waals surface area contributed by atoms with Crippen LogP contribution in [-0.2, 0) is 0 Å². The first kappa shape index (κ1) is 14.2. The van der Waals surface area contributed by atoms with Crippen LogP contribution in [0.3, 0.4) is 0 Å². The third kappa shape index (κ3) is 3.03. The van der Waals surface area contributed by atoms with E-state index in [9.17, 15) is 8.78 Å². The molecule has 0 bridgehead atoms. The Morgan fingerprint density at radius 2 is 2.10 bits per heavy atom. The monoisotopic (exact) mass is 280 g/mol. The van der Waals surface area contributed by atoms with Crippen molar-refractivity contribution >= 4 is 0 Å². The van der Waals surface area contributed by atoms with Crippen LogP contribution in [0.15, 0.2) is 36.5 Å². The highest BCUT2D eigenvalue weighted by Crippen LogP contribution is 2.24. The second-order valence-electron chi connectivity index (χ2n) is 4.04. The van der Waals surface area contributed by atoms with E-state index in [-0.39, 0.29) is 5.75 Å². The summed E-state index contributed by atoms with van der Waals surface area (Å²) < 4.78 is 35.2. The molecule has 0 saturated carbocycles. The standard InChI is InChI=1S/C14H14F2N2O2/c1-19-10-3-4-12(18-7-10)14(17)9-2-5-13(20-8-15)11(16)6-9/h2-7,14H,8,17H2,1H3. The van der Waals surface area contributed by atoms with E-state index in [1.54, 1.807) is 18.2 Å². The van der Waals surface area contributed by atoms with Gasteiger partial charge in [0.05, 0.1) is 25.0 Å². The Bertz CT molecular complexity index is 576. The molecule has 0 spiro atoms. The summed E-state index contributed by atoms with van der Waals surface area (Å²) in [7, 11) is 1.54. The van der Waals surface area contributed by atoms with Gasteiger partial charge in [-0.05, 0) is 29.8 Å². The highest BCUT2D eigenvalue weighted by Gasteiger charge is 2.13. The maximum atomic E-state index is 13.6. The minimum atomic E-state index is -1.08. The first-order chi connectivity index (χ1) is 9.65. The maximum absolute atomic E-state index is 13.6. The number of halogens is 2. The summed E-state index contributed by atoms with van der Waals surface area (Å²) >= 11 is 0. The fourth-order valence-electron chi connectivity index (χ4n) is 1.75. The van der Waals surface area contributed by atoms with Gasteiger partial charge in [0.2, 0.25) is 6.86 Å². The third-order valence-electron chi connectivity index (χ3n) is 2.84. The number of pyridine rings is 1. The SMILES string of the molecule is COc1ccc(C(N)c2ccc(OCF)c(F)c2)nc1. The molecular formula is C14H14F2N2O2. The van der Waals surface area contributed by atoms with E-state index in [2.05, 4.69) is 9.72 Å². The van der Waals surface area contributed by atoms with E-state index in [0.29, 0.717) is 17.0 Å². The lowest BCUT2D eigenvalue weighted by Crippen LogP contribution is -2.13. The summed E-state index contributed by atoms with van der Waals surface area (Å²) in [5, 5.41) is 0. The Morgan fingerprint density at radius 3 is 2.65 bits per heavy atom. The summed E-state index contributed by atoms with van der Waals surface area (Å²) in [6.07, 6.45) is 1.53. The third-order valence-corrected chi connectivity index (χ3v) is 2.84. The van der Waals surface area contributed by atoms with Crippen LogP contribution in [0.4, 0.5) is 8.78 Å². The number of alkyl halides is 1. The Hall–Kier alpha value is -2.21. The summed E-state index contributed by atoms with van der Waals surface area (Å²) in [5.74, 6) is -0.200. The molecule has 0 aliphatic heterocycles. The van der Waals surface area contributed by atoms with E-state index in [4.69, 9.17) is 10.5 Å². The van der Waals surface area contributed by atoms with Crippen LogP contribution in [0.2, 0.25) is 0 Å². The van der Waals surface area contributed by atoms with Crippen LogP contribution < -0.4 is 15.2 Å². The van der Waals surface area contributed by atoms with Crippen LogP contribution in [0.1, 0.15) is 17.3 Å². The van der Waals surface area contributed by atoms with Gasteiger partial charge in [-0.1, -0.05) is 6.07 Å². The van der Waals surface area contributed by atoms with Gasteiger partial charge in [0.25, 0.3) is 0 Å². The number of hydrogen-bond donors (Lipinski definition) is 1. The molecule has 106 valence electrons. The summed E-state index contributed by atoms with van der Waals surface area (Å²) in [5.41, 5.74) is 7.11. The van der Waals surface area contributed by atoms with Crippen molar-refractivity contribution in [1.29, 1.82) is 0 Å². The second-order valence-corrected chi connectivity index (χ2v) is 4.04. The molecule has 1 unspecified atom stereocenters. The fourth-order valence-corrected chi connectivity index (χ4v) is 1.75. The quantitative estimate of drug-likeness (QED) is 0.914. The lowest BCUT2D eigenvalue weighted by molar-refractivity contribution is 0.184. The van der Waals surface area contributed by atoms with E-state index in [1.807, 2.05) is 0 Å². The molecule has 0 aliphatic rings. The molecule has 4 nitrogen and oxygen atoms in total. The number of nitrogens with zero attached hydrogens (tertiary/aromatic N) is 1. The fraction of sp³-hybridized carbons (Fsp3) is 0.214. The van der Waals surface area contributed by atoms with Crippen molar-refractivity contribution in [2.45, 2.75) is 6.04 Å². The summed E-state index contributed by atoms with van der Waals surface area (Å²) in [6.45, 7) is -1.08. The topological polar surface area (TPSA) is 57.4 Å². The lowest BCUT2D eigenvalue weighted by atomic mass is 10.0. The molecule has 1 heterocycles. The number of aromatic nitrogens is 1. The molecule has 2 rings (SSSR count). The van der Waals surface area contributed by atoms with E-state index < -0.39 is 18.7 Å². The number of methoxy groups -OCH3 is 1. The van der Waals surface area contributed by atoms with Gasteiger partial charge in [0.1, 0.15) is 5.75 Å². The lowest BCUT2D eigenvalue weighted by Gasteiger charge is -2.13. The highest BCUT2D eigenvalue weighted by atomic mass is 19.1. The van der Waals surface area contributed by atoms with Gasteiger partial charge in [-0.3, -0.25) is 4.98 Å². The normalized spacial score (nSPS) is 12.0. The van der Waals surface area contributed by atoms with Crippen LogP contribution in [-0.4, -0.2) is 19.0 Å². The van der Waals surface area contributed by atoms with Crippen molar-refractivity contribution in [1.82, 2.24) is 4.98 Å². The van der Waals surface area contributed by atoms with Crippen molar-refractivity contribution in [3.63, 3.8) is 0 Å². The van der Waals surface area contributed by atoms with Gasteiger partial charge in [-0.25, -0.2) is 8.78 Å². The van der Waals surface area contributed by atoms with Gasteiger partial charge in [0, 0.05) is 0 Å². The number of rotatable bonds is 5. The minimum absolute atomic E-state index is 0.147. The highest BCUT2D eigenvalue weighted by molar-refractivity contribution is 5.35. The number of nitrogens with two attached hydrogens (primary N) is 1. The molecule has 2 aromatic rings. The summed E-state index contributed by atoms with van der Waals surface area (Å²) in [6, 6.07) is 6.96. The first-order valence-corrected chi connectivity index (χ1v) is 5.89. The van der Waals surface area contributed by atoms with Crippen molar-refractivity contribution in [3.8, 4) is 11.5 Å². The van der Waals surface area contributed by atoms with E-state index >= 15 is 0 Å². The maximum Gasteiger partial charge on any atom is 0.228 e. The van der Waals surface area contributed by atoms with Gasteiger partial charge < -0.3 is 15.2 Å². The molecule has 0 saturated heterocycles. The van der Waals surface area contributed by atoms with Crippen molar-refractivity contribution in [2.75, 3.05) is 14.0 Å². The number of benzene rings is 1. The zero-order valence-corrected chi connectivity index (χ0v) is 10.8. The molecular weight excluding hydrogens is 266 g/mol. The molecule has 2 N–H and O–H groups in total. The molecule has 0 fully saturated rings. The Kier molecular flexibility index (Phi) is 4.47. The van der Waals surface area contributed by atoms with Crippen molar-refractivity contribution < 1.29 is 18.3 Å². The zero-order valence-electron chi connectivity index (χ0n) is 10.8.